The molecule has 4 nitrogen and oxygen atoms in total. The van der Waals surface area contributed by atoms with Crippen molar-refractivity contribution in [1.82, 2.24) is 5.32 Å². The van der Waals surface area contributed by atoms with Crippen LogP contribution in [-0.2, 0) is 9.59 Å². The number of carbonyl (C=O) groups excluding carboxylic acids is 2. The molecule has 0 saturated heterocycles. The molecule has 136 valence electrons. The van der Waals surface area contributed by atoms with Crippen LogP contribution in [0, 0.1) is 17.8 Å². The first-order valence-corrected chi connectivity index (χ1v) is 10.1. The van der Waals surface area contributed by atoms with Crippen molar-refractivity contribution < 1.29 is 9.59 Å². The van der Waals surface area contributed by atoms with Crippen molar-refractivity contribution in [3.8, 4) is 0 Å². The summed E-state index contributed by atoms with van der Waals surface area (Å²) in [6.07, 6.45) is 5.40. The predicted octanol–water partition coefficient (Wildman–Crippen LogP) is 4.07. The van der Waals surface area contributed by atoms with Crippen molar-refractivity contribution in [2.75, 3.05) is 5.32 Å². The number of hydrogen-bond donors (Lipinski definition) is 2. The monoisotopic (exact) mass is 360 g/mol. The van der Waals surface area contributed by atoms with Crippen LogP contribution >= 0.6 is 11.8 Å². The van der Waals surface area contributed by atoms with Crippen molar-refractivity contribution in [2.45, 2.75) is 62.6 Å². The minimum Gasteiger partial charge on any atom is -0.352 e. The molecule has 2 aliphatic rings. The van der Waals surface area contributed by atoms with E-state index in [0.717, 1.165) is 22.4 Å². The van der Waals surface area contributed by atoms with Crippen molar-refractivity contribution in [2.24, 2.45) is 17.8 Å². The second kappa shape index (κ2) is 7.81. The van der Waals surface area contributed by atoms with Crippen molar-refractivity contribution in [3.63, 3.8) is 0 Å². The molecule has 1 aromatic carbocycles. The van der Waals surface area contributed by atoms with Gasteiger partial charge >= 0.3 is 0 Å². The minimum atomic E-state index is -0.132. The first kappa shape index (κ1) is 18.3. The molecule has 5 heteroatoms. The van der Waals surface area contributed by atoms with Gasteiger partial charge in [-0.1, -0.05) is 6.42 Å². The molecule has 0 heterocycles. The number of amides is 2. The smallest absolute Gasteiger partial charge is 0.233 e. The van der Waals surface area contributed by atoms with Gasteiger partial charge in [0.1, 0.15) is 0 Å². The average Bonchev–Trinajstić information content (AvgIpc) is 3.19. The fourth-order valence-corrected chi connectivity index (χ4v) is 5.31. The fourth-order valence-electron chi connectivity index (χ4n) is 4.43. The number of benzene rings is 1. The standard InChI is InChI=1S/C20H28N2O2S/c1-12(19-11-15-4-5-16(19)10-15)21-20(24)13(2)25-18-8-6-17(7-9-18)22-14(3)23/h6-9,12-13,15-16,19H,4-5,10-11H2,1-3H3,(H,21,24)(H,22,23). The molecule has 0 radical (unpaired) electrons. The zero-order valence-electron chi connectivity index (χ0n) is 15.2. The fraction of sp³-hybridized carbons (Fsp3) is 0.600. The Bertz CT molecular complexity index is 631. The lowest BCUT2D eigenvalue weighted by Gasteiger charge is -2.29. The third kappa shape index (κ3) is 4.57. The Balaban J connectivity index is 1.49. The Labute approximate surface area is 154 Å². The molecular weight excluding hydrogens is 332 g/mol. The van der Waals surface area contributed by atoms with Crippen LogP contribution < -0.4 is 10.6 Å². The van der Waals surface area contributed by atoms with Crippen molar-refractivity contribution >= 4 is 29.3 Å². The number of rotatable bonds is 6. The molecule has 2 fully saturated rings. The SMILES string of the molecule is CC(=O)Nc1ccc(SC(C)C(=O)NC(C)C2CC3CCC2C3)cc1. The molecule has 5 unspecified atom stereocenters. The lowest BCUT2D eigenvalue weighted by molar-refractivity contribution is -0.121. The third-order valence-electron chi connectivity index (χ3n) is 5.66. The van der Waals surface area contributed by atoms with Crippen LogP contribution in [0.1, 0.15) is 46.5 Å². The number of fused-ring (bicyclic) bond motifs is 2. The van der Waals surface area contributed by atoms with Gasteiger partial charge in [0, 0.05) is 23.5 Å². The Morgan fingerprint density at radius 2 is 1.84 bits per heavy atom. The highest BCUT2D eigenvalue weighted by Gasteiger charge is 2.42. The molecule has 0 aliphatic heterocycles. The maximum absolute atomic E-state index is 12.5. The summed E-state index contributed by atoms with van der Waals surface area (Å²) in [5, 5.41) is 5.87. The lowest BCUT2D eigenvalue weighted by Crippen LogP contribution is -2.43. The number of nitrogens with one attached hydrogen (secondary N) is 2. The van der Waals surface area contributed by atoms with Crippen LogP contribution in [0.3, 0.4) is 0 Å². The van der Waals surface area contributed by atoms with Gasteiger partial charge in [0.05, 0.1) is 5.25 Å². The summed E-state index contributed by atoms with van der Waals surface area (Å²) in [4.78, 5) is 24.6. The van der Waals surface area contributed by atoms with Crippen molar-refractivity contribution in [3.05, 3.63) is 24.3 Å². The maximum atomic E-state index is 12.5. The molecule has 25 heavy (non-hydrogen) atoms. The Morgan fingerprint density at radius 1 is 1.12 bits per heavy atom. The summed E-state index contributed by atoms with van der Waals surface area (Å²) >= 11 is 1.55. The molecule has 0 aromatic heterocycles. The van der Waals surface area contributed by atoms with Gasteiger partial charge in [-0.05, 0) is 75.1 Å². The van der Waals surface area contributed by atoms with Crippen LogP contribution in [-0.4, -0.2) is 23.1 Å². The lowest BCUT2D eigenvalue weighted by atomic mass is 9.84. The maximum Gasteiger partial charge on any atom is 0.233 e. The van der Waals surface area contributed by atoms with Crippen LogP contribution in [0.2, 0.25) is 0 Å². The van der Waals surface area contributed by atoms with Crippen LogP contribution in [0.5, 0.6) is 0 Å². The molecule has 2 bridgehead atoms. The van der Waals surface area contributed by atoms with E-state index in [0.29, 0.717) is 5.92 Å². The molecule has 2 N–H and O–H groups in total. The summed E-state index contributed by atoms with van der Waals surface area (Å²) in [6.45, 7) is 5.62. The number of thioether (sulfide) groups is 1. The molecule has 1 aromatic rings. The Morgan fingerprint density at radius 3 is 2.40 bits per heavy atom. The van der Waals surface area contributed by atoms with E-state index in [2.05, 4.69) is 17.6 Å². The van der Waals surface area contributed by atoms with E-state index in [1.165, 1.54) is 32.6 Å². The summed E-state index contributed by atoms with van der Waals surface area (Å²) in [5.74, 6) is 2.43. The van der Waals surface area contributed by atoms with Gasteiger partial charge in [0.25, 0.3) is 0 Å². The van der Waals surface area contributed by atoms with Gasteiger partial charge in [-0.2, -0.15) is 0 Å². The van der Waals surface area contributed by atoms with Crippen LogP contribution in [0.4, 0.5) is 5.69 Å². The Kier molecular flexibility index (Phi) is 5.72. The highest BCUT2D eigenvalue weighted by atomic mass is 32.2. The summed E-state index contributed by atoms with van der Waals surface area (Å²) in [6, 6.07) is 7.89. The van der Waals surface area contributed by atoms with Gasteiger partial charge in [-0.15, -0.1) is 11.8 Å². The first-order valence-electron chi connectivity index (χ1n) is 9.27. The first-order chi connectivity index (χ1) is 11.9. The molecule has 3 rings (SSSR count). The zero-order chi connectivity index (χ0) is 18.0. The normalized spacial score (nSPS) is 26.9. The van der Waals surface area contributed by atoms with Gasteiger partial charge in [0.15, 0.2) is 0 Å². The molecule has 5 atom stereocenters. The van der Waals surface area contributed by atoms with Crippen LogP contribution in [0.15, 0.2) is 29.2 Å². The molecule has 2 aliphatic carbocycles. The topological polar surface area (TPSA) is 58.2 Å². The number of hydrogen-bond acceptors (Lipinski definition) is 3. The second-order valence-corrected chi connectivity index (χ2v) is 9.02. The minimum absolute atomic E-state index is 0.0808. The van der Waals surface area contributed by atoms with E-state index in [9.17, 15) is 9.59 Å². The highest BCUT2D eigenvalue weighted by Crippen LogP contribution is 2.49. The van der Waals surface area contributed by atoms with Gasteiger partial charge in [-0.25, -0.2) is 0 Å². The summed E-state index contributed by atoms with van der Waals surface area (Å²) < 4.78 is 0. The van der Waals surface area contributed by atoms with E-state index in [-0.39, 0.29) is 23.1 Å². The Hall–Kier alpha value is -1.49. The largest absolute Gasteiger partial charge is 0.352 e. The molecular formula is C20H28N2O2S. The summed E-state index contributed by atoms with van der Waals surface area (Å²) in [7, 11) is 0. The van der Waals surface area contributed by atoms with E-state index < -0.39 is 0 Å². The van der Waals surface area contributed by atoms with E-state index in [4.69, 9.17) is 0 Å². The zero-order valence-corrected chi connectivity index (χ0v) is 16.1. The second-order valence-electron chi connectivity index (χ2n) is 7.60. The van der Waals surface area contributed by atoms with Gasteiger partial charge < -0.3 is 10.6 Å². The highest BCUT2D eigenvalue weighted by molar-refractivity contribution is 8.00. The number of anilines is 1. The van der Waals surface area contributed by atoms with Gasteiger partial charge in [-0.3, -0.25) is 9.59 Å². The molecule has 2 amide bonds. The van der Waals surface area contributed by atoms with E-state index in [1.807, 2.05) is 31.2 Å². The predicted molar refractivity (Wildman–Crippen MR) is 103 cm³/mol. The average molecular weight is 361 g/mol. The molecule has 0 spiro atoms. The van der Waals surface area contributed by atoms with E-state index >= 15 is 0 Å². The molecule has 2 saturated carbocycles. The third-order valence-corrected chi connectivity index (χ3v) is 6.77. The van der Waals surface area contributed by atoms with Crippen molar-refractivity contribution in [1.29, 1.82) is 0 Å². The van der Waals surface area contributed by atoms with Crippen LogP contribution in [0.25, 0.3) is 0 Å². The quantitative estimate of drug-likeness (QED) is 0.752. The number of carbonyl (C=O) groups is 2. The van der Waals surface area contributed by atoms with E-state index in [1.54, 1.807) is 11.8 Å². The summed E-state index contributed by atoms with van der Waals surface area (Å²) in [5.41, 5.74) is 0.777. The van der Waals surface area contributed by atoms with Gasteiger partial charge in [0.2, 0.25) is 11.8 Å².